The summed E-state index contributed by atoms with van der Waals surface area (Å²) in [5.41, 5.74) is 2.77. The summed E-state index contributed by atoms with van der Waals surface area (Å²) in [5, 5.41) is 1.42. The summed E-state index contributed by atoms with van der Waals surface area (Å²) in [4.78, 5) is 24.8. The van der Waals surface area contributed by atoms with Crippen molar-refractivity contribution in [2.75, 3.05) is 20.1 Å². The second-order valence-electron chi connectivity index (χ2n) is 3.48. The zero-order valence-corrected chi connectivity index (χ0v) is 7.62. The molecule has 0 aromatic heterocycles. The van der Waals surface area contributed by atoms with Gasteiger partial charge in [0.1, 0.15) is 6.04 Å². The highest BCUT2D eigenvalue weighted by Gasteiger charge is 2.37. The van der Waals surface area contributed by atoms with Crippen molar-refractivity contribution in [1.29, 1.82) is 0 Å². The molecule has 2 rings (SSSR count). The number of carbonyl (C=O) groups excluding carboxylic acids is 2. The molecule has 0 spiro atoms. The van der Waals surface area contributed by atoms with Gasteiger partial charge in [-0.2, -0.15) is 0 Å². The lowest BCUT2D eigenvalue weighted by Crippen LogP contribution is -2.44. The van der Waals surface area contributed by atoms with Crippen LogP contribution in [0.4, 0.5) is 0 Å². The lowest BCUT2D eigenvalue weighted by molar-refractivity contribution is -0.139. The molecule has 0 saturated carbocycles. The first-order chi connectivity index (χ1) is 6.20. The first-order valence-electron chi connectivity index (χ1n) is 4.50. The van der Waals surface area contributed by atoms with E-state index in [4.69, 9.17) is 0 Å². The number of hydrazine groups is 1. The van der Waals surface area contributed by atoms with Crippen LogP contribution < -0.4 is 5.43 Å². The van der Waals surface area contributed by atoms with Crippen molar-refractivity contribution < 1.29 is 9.59 Å². The summed E-state index contributed by atoms with van der Waals surface area (Å²) in [7, 11) is 1.66. The van der Waals surface area contributed by atoms with Crippen LogP contribution in [0.15, 0.2) is 0 Å². The van der Waals surface area contributed by atoms with Crippen LogP contribution in [0.1, 0.15) is 12.8 Å². The van der Waals surface area contributed by atoms with Crippen molar-refractivity contribution in [3.8, 4) is 0 Å². The molecule has 1 atom stereocenters. The number of hydrogen-bond acceptors (Lipinski definition) is 3. The Balaban J connectivity index is 2.24. The number of hydrogen-bond donors (Lipinski definition) is 1. The molecule has 5 heteroatoms. The predicted octanol–water partition coefficient (Wildman–Crippen LogP) is -1.05. The molecule has 1 unspecified atom stereocenters. The van der Waals surface area contributed by atoms with Gasteiger partial charge in [0.2, 0.25) is 5.91 Å². The first-order valence-corrected chi connectivity index (χ1v) is 4.50. The fourth-order valence-corrected chi connectivity index (χ4v) is 1.91. The largest absolute Gasteiger partial charge is 0.329 e. The monoisotopic (exact) mass is 183 g/mol. The fourth-order valence-electron chi connectivity index (χ4n) is 1.91. The van der Waals surface area contributed by atoms with Crippen LogP contribution in [0.25, 0.3) is 0 Å². The minimum atomic E-state index is -0.215. The Labute approximate surface area is 76.6 Å². The number of nitrogens with zero attached hydrogens (tertiary/aromatic N) is 2. The maximum absolute atomic E-state index is 11.6. The number of rotatable bonds is 0. The van der Waals surface area contributed by atoms with Crippen molar-refractivity contribution >= 4 is 11.8 Å². The first kappa shape index (κ1) is 8.50. The third-order valence-electron chi connectivity index (χ3n) is 2.66. The Bertz CT molecular complexity index is 254. The SMILES string of the molecule is CN1NCC(=O)N2CCCC2C1=O. The van der Waals surface area contributed by atoms with Crippen molar-refractivity contribution in [2.45, 2.75) is 18.9 Å². The van der Waals surface area contributed by atoms with Gasteiger partial charge in [-0.15, -0.1) is 0 Å². The molecule has 2 fully saturated rings. The standard InChI is InChI=1S/C8H13N3O2/c1-10-8(13)6-3-2-4-11(6)7(12)5-9-10/h6,9H,2-5H2,1H3. The number of nitrogens with one attached hydrogen (secondary N) is 1. The Hall–Kier alpha value is -1.10. The molecule has 0 aromatic rings. The molecule has 0 aliphatic carbocycles. The molecule has 2 amide bonds. The summed E-state index contributed by atoms with van der Waals surface area (Å²) in [6.45, 7) is 0.962. The molecular formula is C8H13N3O2. The van der Waals surface area contributed by atoms with Gasteiger partial charge in [-0.25, -0.2) is 5.43 Å². The average molecular weight is 183 g/mol. The molecule has 2 aliphatic heterocycles. The van der Waals surface area contributed by atoms with E-state index < -0.39 is 0 Å². The number of carbonyl (C=O) groups is 2. The molecule has 5 nitrogen and oxygen atoms in total. The van der Waals surface area contributed by atoms with E-state index >= 15 is 0 Å². The quantitative estimate of drug-likeness (QED) is 0.521. The van der Waals surface area contributed by atoms with Gasteiger partial charge >= 0.3 is 0 Å². The van der Waals surface area contributed by atoms with E-state index in [-0.39, 0.29) is 24.4 Å². The van der Waals surface area contributed by atoms with Crippen LogP contribution in [0.2, 0.25) is 0 Å². The molecule has 0 aromatic carbocycles. The second-order valence-corrected chi connectivity index (χ2v) is 3.48. The summed E-state index contributed by atoms with van der Waals surface area (Å²) in [5.74, 6) is 0.0311. The highest BCUT2D eigenvalue weighted by molar-refractivity contribution is 5.90. The van der Waals surface area contributed by atoms with Crippen molar-refractivity contribution in [1.82, 2.24) is 15.3 Å². The summed E-state index contributed by atoms with van der Waals surface area (Å²) in [6, 6.07) is -0.215. The minimum absolute atomic E-state index is 0.00310. The van der Waals surface area contributed by atoms with Crippen LogP contribution in [-0.4, -0.2) is 47.9 Å². The summed E-state index contributed by atoms with van der Waals surface area (Å²) >= 11 is 0. The molecule has 2 aliphatic rings. The predicted molar refractivity (Wildman–Crippen MR) is 45.5 cm³/mol. The highest BCUT2D eigenvalue weighted by Crippen LogP contribution is 2.19. The van der Waals surface area contributed by atoms with Gasteiger partial charge < -0.3 is 4.90 Å². The van der Waals surface area contributed by atoms with Crippen LogP contribution >= 0.6 is 0 Å². The summed E-state index contributed by atoms with van der Waals surface area (Å²) < 4.78 is 0. The van der Waals surface area contributed by atoms with Crippen molar-refractivity contribution in [2.24, 2.45) is 0 Å². The number of likely N-dealkylation sites (N-methyl/N-ethyl adjacent to an activating group) is 1. The van der Waals surface area contributed by atoms with Crippen molar-refractivity contribution in [3.63, 3.8) is 0 Å². The Kier molecular flexibility index (Phi) is 1.95. The number of fused-ring (bicyclic) bond motifs is 1. The maximum Gasteiger partial charge on any atom is 0.259 e. The fraction of sp³-hybridized carbons (Fsp3) is 0.750. The third-order valence-corrected chi connectivity index (χ3v) is 2.66. The molecule has 0 bridgehead atoms. The second kappa shape index (κ2) is 2.99. The average Bonchev–Trinajstić information content (AvgIpc) is 2.57. The molecule has 1 N–H and O–H groups in total. The van der Waals surface area contributed by atoms with Crippen LogP contribution in [0.3, 0.4) is 0 Å². The van der Waals surface area contributed by atoms with Crippen molar-refractivity contribution in [3.05, 3.63) is 0 Å². The topological polar surface area (TPSA) is 52.7 Å². The lowest BCUT2D eigenvalue weighted by Gasteiger charge is -2.21. The van der Waals surface area contributed by atoms with Gasteiger partial charge in [0, 0.05) is 13.6 Å². The van der Waals surface area contributed by atoms with E-state index in [2.05, 4.69) is 5.43 Å². The van der Waals surface area contributed by atoms with E-state index in [1.54, 1.807) is 11.9 Å². The molecule has 0 radical (unpaired) electrons. The van der Waals surface area contributed by atoms with E-state index in [1.807, 2.05) is 0 Å². The molecule has 13 heavy (non-hydrogen) atoms. The third kappa shape index (κ3) is 1.29. The van der Waals surface area contributed by atoms with Gasteiger partial charge in [0.05, 0.1) is 6.54 Å². The van der Waals surface area contributed by atoms with E-state index in [1.165, 1.54) is 5.01 Å². The molecule has 2 heterocycles. The molecule has 72 valence electrons. The van der Waals surface area contributed by atoms with E-state index in [0.717, 1.165) is 19.4 Å². The Morgan fingerprint density at radius 1 is 1.46 bits per heavy atom. The smallest absolute Gasteiger partial charge is 0.259 e. The Morgan fingerprint density at radius 2 is 2.23 bits per heavy atom. The van der Waals surface area contributed by atoms with E-state index in [0.29, 0.717) is 0 Å². The minimum Gasteiger partial charge on any atom is -0.329 e. The normalized spacial score (nSPS) is 29.2. The van der Waals surface area contributed by atoms with Gasteiger partial charge in [-0.05, 0) is 12.8 Å². The van der Waals surface area contributed by atoms with Gasteiger partial charge in [-0.3, -0.25) is 14.6 Å². The zero-order chi connectivity index (χ0) is 9.42. The van der Waals surface area contributed by atoms with Gasteiger partial charge in [-0.1, -0.05) is 0 Å². The van der Waals surface area contributed by atoms with Gasteiger partial charge in [0.15, 0.2) is 0 Å². The summed E-state index contributed by atoms with van der Waals surface area (Å²) in [6.07, 6.45) is 1.74. The number of amides is 2. The van der Waals surface area contributed by atoms with E-state index in [9.17, 15) is 9.59 Å². The maximum atomic E-state index is 11.6. The van der Waals surface area contributed by atoms with Gasteiger partial charge in [0.25, 0.3) is 5.91 Å². The Morgan fingerprint density at radius 3 is 3.00 bits per heavy atom. The molecule has 2 saturated heterocycles. The van der Waals surface area contributed by atoms with Crippen LogP contribution in [0.5, 0.6) is 0 Å². The highest BCUT2D eigenvalue weighted by atomic mass is 16.2. The van der Waals surface area contributed by atoms with Crippen LogP contribution in [-0.2, 0) is 9.59 Å². The zero-order valence-electron chi connectivity index (χ0n) is 7.62. The molecular weight excluding hydrogens is 170 g/mol. The lowest BCUT2D eigenvalue weighted by atomic mass is 10.2. The van der Waals surface area contributed by atoms with Crippen LogP contribution in [0, 0.1) is 0 Å².